The predicted molar refractivity (Wildman–Crippen MR) is 305 cm³/mol. The van der Waals surface area contributed by atoms with Crippen LogP contribution in [0.15, 0.2) is 84.9 Å². The predicted octanol–water partition coefficient (Wildman–Crippen LogP) is 19.1. The fraction of sp³-hybridized carbons (Fsp3) is 0.125. The van der Waals surface area contributed by atoms with E-state index in [1.54, 1.807) is 60.7 Å². The van der Waals surface area contributed by atoms with E-state index in [4.69, 9.17) is 9.05 Å². The van der Waals surface area contributed by atoms with Gasteiger partial charge in [0.05, 0.1) is 58.2 Å². The minimum atomic E-state index is -3.91. The molecule has 0 saturated heterocycles. The molecule has 480 valence electrons. The first-order valence-electron chi connectivity index (χ1n) is 27.5. The molecule has 11 rings (SSSR count). The van der Waals surface area contributed by atoms with Gasteiger partial charge in [0.15, 0.2) is 93.1 Å². The van der Waals surface area contributed by atoms with Crippen molar-refractivity contribution in [1.29, 1.82) is 0 Å². The molecule has 9 aromatic rings. The van der Waals surface area contributed by atoms with Crippen molar-refractivity contribution in [1.82, 2.24) is 25.0 Å². The molecule has 2 aliphatic rings. The molecular formula is C64H38F19N6O3P. The summed E-state index contributed by atoms with van der Waals surface area (Å²) in [7, 11) is -3.91. The quantitative estimate of drug-likeness (QED) is 0.0209. The third kappa shape index (κ3) is 12.1. The largest absolute Gasteiger partial charge is 0.406 e. The zero-order valence-corrected chi connectivity index (χ0v) is 47.7. The number of halogens is 19. The molecule has 0 unspecified atom stereocenters. The Kier molecular flexibility index (Phi) is 18.3. The molecule has 4 N–H and O–H groups in total. The monoisotopic (exact) mass is 1330 g/mol. The molecule has 8 bridgehead atoms. The van der Waals surface area contributed by atoms with Crippen LogP contribution in [-0.4, -0.2) is 33.0 Å². The fourth-order valence-electron chi connectivity index (χ4n) is 10.4. The second kappa shape index (κ2) is 26.2. The zero-order chi connectivity index (χ0) is 66.5. The average molecular weight is 1330 g/mol. The topological polar surface area (TPSA) is 117 Å². The molecule has 0 aliphatic carbocycles. The molecule has 0 atom stereocenters. The summed E-state index contributed by atoms with van der Waals surface area (Å²) in [5.74, 6) is -48.0. The van der Waals surface area contributed by atoms with E-state index in [1.807, 2.05) is 0 Å². The van der Waals surface area contributed by atoms with Gasteiger partial charge in [-0.15, -0.1) is 0 Å². The average Bonchev–Trinajstić information content (AvgIpc) is 1.69. The van der Waals surface area contributed by atoms with Crippen LogP contribution in [0.2, 0.25) is 0 Å². The highest BCUT2D eigenvalue weighted by Gasteiger charge is 2.36. The lowest BCUT2D eigenvalue weighted by molar-refractivity contribution is 0.182. The standard InChI is InChI=1S/C64H38F19N6O3P/c65-45-41(46(66)54(74)59(79)53(45)73)37-29-15-17-31(86-29)38(42-47(67)55(75)60(80)56(76)48(42)68)33-19-21-35(88-33)40(36-22-20-34(89-36)39(32-18-16-30(37)87-32)43-49(69)57(77)61(81)58(78)50(43)70)44-51(71)62(82)64(63(83)52(44)72)84-23-9-1-2-10-24-85-93(90,91-25-27-11-5-3-6-12-27)92-26-28-13-7-4-8-14-28/h3-8,11-22,84,86,89H,1-2,9-10,23-26H2,(H,85,90). The number of nitrogens with zero attached hydrogens (tertiary/aromatic N) is 2. The second-order valence-electron chi connectivity index (χ2n) is 20.6. The van der Waals surface area contributed by atoms with Gasteiger partial charge < -0.3 is 15.3 Å². The molecule has 6 aromatic carbocycles. The number of anilines is 1. The number of unbranched alkanes of at least 4 members (excludes halogenated alkanes) is 3. The van der Waals surface area contributed by atoms with Gasteiger partial charge in [0.2, 0.25) is 17.5 Å². The molecule has 0 fully saturated rings. The highest BCUT2D eigenvalue weighted by molar-refractivity contribution is 7.51. The number of benzene rings is 6. The summed E-state index contributed by atoms with van der Waals surface area (Å²) >= 11 is 0. The number of hydrogen-bond donors (Lipinski definition) is 4. The van der Waals surface area contributed by atoms with E-state index in [-0.39, 0.29) is 32.7 Å². The Hall–Kier alpha value is -9.50. The van der Waals surface area contributed by atoms with Crippen LogP contribution in [0, 0.1) is 111 Å². The van der Waals surface area contributed by atoms with Crippen molar-refractivity contribution >= 4 is 59.8 Å². The highest BCUT2D eigenvalue weighted by Crippen LogP contribution is 2.47. The van der Waals surface area contributed by atoms with E-state index < -0.39 is 213 Å². The summed E-state index contributed by atoms with van der Waals surface area (Å²) in [6.07, 6.45) is 3.73. The lowest BCUT2D eigenvalue weighted by Crippen LogP contribution is -2.16. The van der Waals surface area contributed by atoms with Gasteiger partial charge in [-0.25, -0.2) is 103 Å². The van der Waals surface area contributed by atoms with Gasteiger partial charge in [0.25, 0.3) is 0 Å². The zero-order valence-electron chi connectivity index (χ0n) is 46.8. The van der Waals surface area contributed by atoms with Crippen molar-refractivity contribution in [2.24, 2.45) is 0 Å². The fourth-order valence-corrected chi connectivity index (χ4v) is 11.7. The summed E-state index contributed by atoms with van der Waals surface area (Å²) in [6, 6.07) is 20.4. The van der Waals surface area contributed by atoms with Crippen LogP contribution in [0.1, 0.15) is 59.6 Å². The Morgan fingerprint density at radius 2 is 0.591 bits per heavy atom. The number of hydrogen-bond acceptors (Lipinski definition) is 6. The number of H-pyrrole nitrogens is 2. The maximum Gasteiger partial charge on any atom is 0.406 e. The Morgan fingerprint density at radius 1 is 0.323 bits per heavy atom. The maximum atomic E-state index is 17.0. The van der Waals surface area contributed by atoms with Crippen molar-refractivity contribution in [2.75, 3.05) is 18.4 Å². The third-order valence-corrected chi connectivity index (χ3v) is 16.4. The molecule has 2 aliphatic heterocycles. The molecule has 0 saturated carbocycles. The second-order valence-corrected chi connectivity index (χ2v) is 22.4. The van der Waals surface area contributed by atoms with Crippen LogP contribution in [0.5, 0.6) is 0 Å². The van der Waals surface area contributed by atoms with Crippen LogP contribution in [-0.2, 0) is 26.8 Å². The third-order valence-electron chi connectivity index (χ3n) is 14.8. The Bertz CT molecular complexity index is 4580. The number of aromatic amines is 2. The van der Waals surface area contributed by atoms with Crippen LogP contribution < -0.4 is 10.4 Å². The molecule has 0 amide bonds. The minimum absolute atomic E-state index is 0.0647. The van der Waals surface area contributed by atoms with E-state index in [2.05, 4.69) is 30.3 Å². The molecule has 0 spiro atoms. The number of nitrogens with one attached hydrogen (secondary N) is 4. The smallest absolute Gasteiger partial charge is 0.380 e. The summed E-state index contributed by atoms with van der Waals surface area (Å²) in [4.78, 5) is 12.8. The molecule has 3 aromatic heterocycles. The summed E-state index contributed by atoms with van der Waals surface area (Å²) < 4.78 is 324. The molecule has 5 heterocycles. The van der Waals surface area contributed by atoms with E-state index in [1.165, 1.54) is 0 Å². The van der Waals surface area contributed by atoms with Crippen LogP contribution in [0.4, 0.5) is 89.1 Å². The van der Waals surface area contributed by atoms with Gasteiger partial charge >= 0.3 is 7.75 Å². The van der Waals surface area contributed by atoms with Crippen molar-refractivity contribution < 1.29 is 97.0 Å². The normalized spacial score (nSPS) is 12.2. The molecular weight excluding hydrogens is 1290 g/mol. The van der Waals surface area contributed by atoms with E-state index in [9.17, 15) is 17.7 Å². The Labute approximate surface area is 511 Å². The van der Waals surface area contributed by atoms with Gasteiger partial charge in [0.1, 0.15) is 5.69 Å². The molecule has 9 nitrogen and oxygen atoms in total. The van der Waals surface area contributed by atoms with Crippen LogP contribution in [0.25, 0.3) is 90.9 Å². The molecule has 29 heteroatoms. The first-order valence-corrected chi connectivity index (χ1v) is 29.0. The van der Waals surface area contributed by atoms with Gasteiger partial charge in [-0.2, -0.15) is 0 Å². The Morgan fingerprint density at radius 3 is 0.892 bits per heavy atom. The van der Waals surface area contributed by atoms with Crippen molar-refractivity contribution in [2.45, 2.75) is 38.9 Å². The molecule has 93 heavy (non-hydrogen) atoms. The van der Waals surface area contributed by atoms with E-state index >= 15 is 70.2 Å². The number of rotatable bonds is 19. The number of fused-ring (bicyclic) bond motifs is 8. The Balaban J connectivity index is 1.04. The first-order chi connectivity index (χ1) is 44.4. The lowest BCUT2D eigenvalue weighted by atomic mass is 10.0. The highest BCUT2D eigenvalue weighted by atomic mass is 31.2. The van der Waals surface area contributed by atoms with E-state index in [0.717, 1.165) is 6.07 Å². The van der Waals surface area contributed by atoms with Gasteiger partial charge in [-0.05, 0) is 72.5 Å². The SMILES string of the molecule is O=P(NCCCCCCNc1c(F)c(F)c(-c2c3nc(c(-c4c(F)c(F)c(F)c(F)c4F)c4ccc([nH]4)c(-c4c(F)c(F)c(F)c(F)c4F)c4nc(c(-c5c(F)c(F)c(F)c(F)c5F)c5ccc2[nH]5)C=C4)C=C3)c(F)c1F)(OCc1ccccc1)OCc1ccccc1. The lowest BCUT2D eigenvalue weighted by Gasteiger charge is -2.19. The van der Waals surface area contributed by atoms with Gasteiger partial charge in [-0.3, -0.25) is 9.05 Å². The van der Waals surface area contributed by atoms with E-state index in [0.29, 0.717) is 72.9 Å². The van der Waals surface area contributed by atoms with Crippen LogP contribution >= 0.6 is 7.75 Å². The summed E-state index contributed by atoms with van der Waals surface area (Å²) in [5.41, 5.74) is -19.7. The summed E-state index contributed by atoms with van der Waals surface area (Å²) in [6.45, 7) is -0.388. The maximum absolute atomic E-state index is 17.0. The van der Waals surface area contributed by atoms with Crippen molar-refractivity contribution in [3.05, 3.63) is 229 Å². The van der Waals surface area contributed by atoms with Crippen LogP contribution in [0.3, 0.4) is 0 Å². The van der Waals surface area contributed by atoms with Gasteiger partial charge in [0, 0.05) is 57.4 Å². The molecule has 0 radical (unpaired) electrons. The minimum Gasteiger partial charge on any atom is -0.380 e. The summed E-state index contributed by atoms with van der Waals surface area (Å²) in [5, 5.41) is 5.09. The first kappa shape index (κ1) is 65.0. The van der Waals surface area contributed by atoms with Crippen molar-refractivity contribution in [3.63, 3.8) is 0 Å². The number of aromatic nitrogens is 4. The van der Waals surface area contributed by atoms with Gasteiger partial charge in [-0.1, -0.05) is 73.5 Å². The van der Waals surface area contributed by atoms with Crippen molar-refractivity contribution in [3.8, 4) is 44.5 Å².